The molecule has 0 radical (unpaired) electrons. The topological polar surface area (TPSA) is 63.6 Å². The molecule has 0 heterocycles. The molecule has 1 rings (SSSR count). The third-order valence-corrected chi connectivity index (χ3v) is 1.71. The summed E-state index contributed by atoms with van der Waals surface area (Å²) in [4.78, 5) is 21.0. The van der Waals surface area contributed by atoms with Crippen molar-refractivity contribution < 1.29 is 23.8 Å². The molecule has 14 heavy (non-hydrogen) atoms. The van der Waals surface area contributed by atoms with Gasteiger partial charge in [0.1, 0.15) is 5.75 Å². The number of aldehydes is 1. The summed E-state index contributed by atoms with van der Waals surface area (Å²) >= 11 is 0. The van der Waals surface area contributed by atoms with Crippen molar-refractivity contribution in [1.82, 2.24) is 0 Å². The van der Waals surface area contributed by atoms with Gasteiger partial charge in [-0.3, -0.25) is 4.79 Å². The van der Waals surface area contributed by atoms with E-state index >= 15 is 0 Å². The number of carboxylic acid groups (broad SMARTS) is 1. The summed E-state index contributed by atoms with van der Waals surface area (Å²) in [7, 11) is 1.27. The first-order valence-electron chi connectivity index (χ1n) is 3.66. The highest BCUT2D eigenvalue weighted by atomic mass is 19.1. The van der Waals surface area contributed by atoms with Gasteiger partial charge in [0.15, 0.2) is 12.1 Å². The molecule has 1 N–H and O–H groups in total. The van der Waals surface area contributed by atoms with Crippen LogP contribution in [0.2, 0.25) is 0 Å². The van der Waals surface area contributed by atoms with Crippen LogP contribution in [-0.4, -0.2) is 24.5 Å². The van der Waals surface area contributed by atoms with Gasteiger partial charge in [-0.1, -0.05) is 0 Å². The molecule has 0 aliphatic heterocycles. The molecule has 0 saturated carbocycles. The van der Waals surface area contributed by atoms with Crippen LogP contribution in [0.15, 0.2) is 12.1 Å². The number of carbonyl (C=O) groups is 2. The van der Waals surface area contributed by atoms with Gasteiger partial charge in [-0.25, -0.2) is 9.18 Å². The second-order valence-corrected chi connectivity index (χ2v) is 2.47. The highest BCUT2D eigenvalue weighted by Crippen LogP contribution is 2.22. The molecule has 1 aromatic rings. The van der Waals surface area contributed by atoms with Gasteiger partial charge in [0.25, 0.3) is 0 Å². The second kappa shape index (κ2) is 3.87. The molecule has 0 aromatic heterocycles. The molecule has 5 heteroatoms. The summed E-state index contributed by atoms with van der Waals surface area (Å²) in [6.45, 7) is 0. The Morgan fingerprint density at radius 1 is 1.57 bits per heavy atom. The predicted molar refractivity (Wildman–Crippen MR) is 45.3 cm³/mol. The summed E-state index contributed by atoms with van der Waals surface area (Å²) in [5, 5.41) is 8.55. The van der Waals surface area contributed by atoms with Crippen molar-refractivity contribution >= 4 is 12.3 Å². The molecule has 1 aromatic carbocycles. The fourth-order valence-corrected chi connectivity index (χ4v) is 1.03. The van der Waals surface area contributed by atoms with Crippen molar-refractivity contribution in [2.24, 2.45) is 0 Å². The Hall–Kier alpha value is -1.91. The van der Waals surface area contributed by atoms with Gasteiger partial charge >= 0.3 is 5.97 Å². The minimum atomic E-state index is -1.42. The third kappa shape index (κ3) is 1.56. The molecular formula is C9H7FO4. The molecule has 74 valence electrons. The Labute approximate surface area is 78.9 Å². The lowest BCUT2D eigenvalue weighted by molar-refractivity contribution is 0.0692. The lowest BCUT2D eigenvalue weighted by Gasteiger charge is -2.05. The van der Waals surface area contributed by atoms with Gasteiger partial charge in [0, 0.05) is 0 Å². The first-order chi connectivity index (χ1) is 6.61. The van der Waals surface area contributed by atoms with Gasteiger partial charge < -0.3 is 9.84 Å². The average molecular weight is 198 g/mol. The van der Waals surface area contributed by atoms with E-state index in [4.69, 9.17) is 5.11 Å². The lowest BCUT2D eigenvalue weighted by atomic mass is 10.1. The third-order valence-electron chi connectivity index (χ3n) is 1.71. The Morgan fingerprint density at radius 2 is 2.21 bits per heavy atom. The molecule has 0 atom stereocenters. The number of carboxylic acids is 1. The fraction of sp³-hybridized carbons (Fsp3) is 0.111. The summed E-state index contributed by atoms with van der Waals surface area (Å²) in [6, 6.07) is 2.28. The molecule has 0 saturated heterocycles. The standard InChI is InChI=1S/C9H7FO4/c1-14-7-3-2-5(9(12)13)8(10)6(7)4-11/h2-4H,1H3,(H,12,13). The van der Waals surface area contributed by atoms with E-state index in [1.807, 2.05) is 0 Å². The molecule has 0 spiro atoms. The van der Waals surface area contributed by atoms with Crippen molar-refractivity contribution in [3.05, 3.63) is 29.1 Å². The maximum absolute atomic E-state index is 13.3. The summed E-state index contributed by atoms with van der Waals surface area (Å²) in [5.41, 5.74) is -0.930. The molecule has 0 fully saturated rings. The molecule has 0 unspecified atom stereocenters. The highest BCUT2D eigenvalue weighted by molar-refractivity contribution is 5.92. The van der Waals surface area contributed by atoms with Crippen molar-refractivity contribution in [1.29, 1.82) is 0 Å². The summed E-state index contributed by atoms with van der Waals surface area (Å²) in [5.74, 6) is -2.48. The van der Waals surface area contributed by atoms with E-state index < -0.39 is 17.3 Å². The zero-order valence-corrected chi connectivity index (χ0v) is 7.28. The van der Waals surface area contributed by atoms with E-state index in [0.717, 1.165) is 6.07 Å². The van der Waals surface area contributed by atoms with Crippen LogP contribution in [-0.2, 0) is 0 Å². The van der Waals surface area contributed by atoms with Crippen LogP contribution in [0.25, 0.3) is 0 Å². The van der Waals surface area contributed by atoms with Gasteiger partial charge in [-0.15, -0.1) is 0 Å². The zero-order valence-electron chi connectivity index (χ0n) is 7.28. The number of methoxy groups -OCH3 is 1. The Bertz CT molecular complexity index is 387. The monoisotopic (exact) mass is 198 g/mol. The Morgan fingerprint density at radius 3 is 2.64 bits per heavy atom. The minimum absolute atomic E-state index is 0.0162. The predicted octanol–water partition coefficient (Wildman–Crippen LogP) is 1.34. The number of halogens is 1. The van der Waals surface area contributed by atoms with Crippen LogP contribution in [0.3, 0.4) is 0 Å². The number of rotatable bonds is 3. The van der Waals surface area contributed by atoms with Gasteiger partial charge in [-0.2, -0.15) is 0 Å². The minimum Gasteiger partial charge on any atom is -0.496 e. The molecule has 0 aliphatic rings. The Kier molecular flexibility index (Phi) is 2.81. The normalized spacial score (nSPS) is 9.57. The van der Waals surface area contributed by atoms with E-state index in [1.54, 1.807) is 0 Å². The van der Waals surface area contributed by atoms with Gasteiger partial charge in [0.2, 0.25) is 0 Å². The van der Waals surface area contributed by atoms with E-state index in [-0.39, 0.29) is 17.6 Å². The van der Waals surface area contributed by atoms with E-state index in [1.165, 1.54) is 13.2 Å². The molecule has 0 amide bonds. The van der Waals surface area contributed by atoms with Crippen molar-refractivity contribution in [2.45, 2.75) is 0 Å². The number of ether oxygens (including phenoxy) is 1. The van der Waals surface area contributed by atoms with Crippen LogP contribution in [0.4, 0.5) is 4.39 Å². The maximum Gasteiger partial charge on any atom is 0.338 e. The number of carbonyl (C=O) groups excluding carboxylic acids is 1. The van der Waals surface area contributed by atoms with E-state index in [9.17, 15) is 14.0 Å². The van der Waals surface area contributed by atoms with Crippen LogP contribution in [0.1, 0.15) is 20.7 Å². The molecule has 4 nitrogen and oxygen atoms in total. The SMILES string of the molecule is COc1ccc(C(=O)O)c(F)c1C=O. The van der Waals surface area contributed by atoms with Crippen molar-refractivity contribution in [3.63, 3.8) is 0 Å². The van der Waals surface area contributed by atoms with Crippen LogP contribution < -0.4 is 4.74 Å². The second-order valence-electron chi connectivity index (χ2n) is 2.47. The number of benzene rings is 1. The molecule has 0 aliphatic carbocycles. The van der Waals surface area contributed by atoms with Crippen LogP contribution >= 0.6 is 0 Å². The van der Waals surface area contributed by atoms with E-state index in [0.29, 0.717) is 0 Å². The summed E-state index contributed by atoms with van der Waals surface area (Å²) < 4.78 is 18.0. The first-order valence-corrected chi connectivity index (χ1v) is 3.66. The highest BCUT2D eigenvalue weighted by Gasteiger charge is 2.17. The smallest absolute Gasteiger partial charge is 0.338 e. The van der Waals surface area contributed by atoms with E-state index in [2.05, 4.69) is 4.74 Å². The largest absolute Gasteiger partial charge is 0.496 e. The number of aromatic carboxylic acids is 1. The maximum atomic E-state index is 13.3. The zero-order chi connectivity index (χ0) is 10.7. The number of hydrogen-bond acceptors (Lipinski definition) is 3. The summed E-state index contributed by atoms with van der Waals surface area (Å²) in [6.07, 6.45) is 0.223. The van der Waals surface area contributed by atoms with Gasteiger partial charge in [-0.05, 0) is 12.1 Å². The van der Waals surface area contributed by atoms with Gasteiger partial charge in [0.05, 0.1) is 18.2 Å². The molecule has 0 bridgehead atoms. The van der Waals surface area contributed by atoms with Crippen molar-refractivity contribution in [3.8, 4) is 5.75 Å². The van der Waals surface area contributed by atoms with Crippen LogP contribution in [0.5, 0.6) is 5.75 Å². The first kappa shape index (κ1) is 10.2. The fourth-order valence-electron chi connectivity index (χ4n) is 1.03. The molecular weight excluding hydrogens is 191 g/mol. The number of hydrogen-bond donors (Lipinski definition) is 1. The Balaban J connectivity index is 3.42. The lowest BCUT2D eigenvalue weighted by Crippen LogP contribution is -2.05. The quantitative estimate of drug-likeness (QED) is 0.744. The van der Waals surface area contributed by atoms with Crippen LogP contribution in [0, 0.1) is 5.82 Å². The average Bonchev–Trinajstić information content (AvgIpc) is 2.16. The van der Waals surface area contributed by atoms with Crippen molar-refractivity contribution in [2.75, 3.05) is 7.11 Å².